The summed E-state index contributed by atoms with van der Waals surface area (Å²) in [7, 11) is 2.01. The Morgan fingerprint density at radius 1 is 0.931 bits per heavy atom. The number of carbonyl (C=O) groups excluding carboxylic acids is 3. The van der Waals surface area contributed by atoms with Crippen LogP contribution in [-0.4, -0.2) is 49.4 Å². The second kappa shape index (κ2) is 9.79. The molecule has 1 N–H and O–H groups in total. The van der Waals surface area contributed by atoms with Crippen molar-refractivity contribution in [2.24, 2.45) is 0 Å². The molecule has 0 heterocycles. The van der Waals surface area contributed by atoms with E-state index in [1.807, 2.05) is 6.07 Å². The zero-order valence-electron chi connectivity index (χ0n) is 16.1. The molecule has 0 amide bonds. The molecule has 0 fully saturated rings. The molecule has 0 bridgehead atoms. The topological polar surface area (TPSA) is 99.1 Å². The first-order valence-electron chi connectivity index (χ1n) is 8.69. The predicted molar refractivity (Wildman–Crippen MR) is 100 cm³/mol. The van der Waals surface area contributed by atoms with Gasteiger partial charge in [0.1, 0.15) is 5.82 Å². The van der Waals surface area contributed by atoms with E-state index in [1.165, 1.54) is 19.1 Å². The fourth-order valence-corrected chi connectivity index (χ4v) is 2.62. The Bertz CT molecular complexity index is 882. The fraction of sp³-hybridized carbons (Fsp3) is 0.286. The van der Waals surface area contributed by atoms with Crippen LogP contribution in [-0.2, 0) is 28.6 Å². The van der Waals surface area contributed by atoms with E-state index < -0.39 is 41.9 Å². The monoisotopic (exact) mass is 404 g/mol. The van der Waals surface area contributed by atoms with Gasteiger partial charge in [-0.15, -0.1) is 0 Å². The van der Waals surface area contributed by atoms with E-state index in [1.54, 1.807) is 30.3 Å². The maximum Gasteiger partial charge on any atom is 0.350 e. The van der Waals surface area contributed by atoms with Gasteiger partial charge in [-0.1, -0.05) is 42.5 Å². The third-order valence-corrected chi connectivity index (χ3v) is 4.34. The highest BCUT2D eigenvalue weighted by Gasteiger charge is 2.38. The largest absolute Gasteiger partial charge is 0.467 e. The second-order valence-corrected chi connectivity index (χ2v) is 6.18. The van der Waals surface area contributed by atoms with E-state index in [9.17, 15) is 23.9 Å². The molecule has 2 rings (SSSR count). The Morgan fingerprint density at radius 3 is 2.10 bits per heavy atom. The van der Waals surface area contributed by atoms with E-state index >= 15 is 0 Å². The molecule has 154 valence electrons. The maximum atomic E-state index is 14.6. The number of methoxy groups -OCH3 is 2. The third kappa shape index (κ3) is 5.17. The van der Waals surface area contributed by atoms with Crippen molar-refractivity contribution in [3.63, 3.8) is 0 Å². The van der Waals surface area contributed by atoms with Gasteiger partial charge in [-0.2, -0.15) is 0 Å². The number of rotatable bonds is 7. The number of hydrogen-bond donors (Lipinski definition) is 1. The minimum Gasteiger partial charge on any atom is -0.467 e. The molecular weight excluding hydrogens is 383 g/mol. The third-order valence-electron chi connectivity index (χ3n) is 4.34. The van der Waals surface area contributed by atoms with Crippen molar-refractivity contribution in [2.45, 2.75) is 25.0 Å². The molecule has 29 heavy (non-hydrogen) atoms. The van der Waals surface area contributed by atoms with Gasteiger partial charge in [0.15, 0.2) is 6.10 Å². The normalized spacial score (nSPS) is 13.7. The van der Waals surface area contributed by atoms with Gasteiger partial charge in [-0.05, 0) is 24.1 Å². The standard InChI is InChI=1S/C21H21FO7/c1-12(19(24)29-18(21(26)28-3)17(23)20(25)27-2)14-9-10-15(16(22)11-14)13-7-5-4-6-8-13/h4-12,17-18,23H,1-3H3/t12-,17-,18-/m0/s1. The molecule has 0 aliphatic rings. The summed E-state index contributed by atoms with van der Waals surface area (Å²) in [5.74, 6) is -4.76. The first kappa shape index (κ1) is 22.0. The van der Waals surface area contributed by atoms with Crippen LogP contribution in [0.3, 0.4) is 0 Å². The van der Waals surface area contributed by atoms with E-state index in [-0.39, 0.29) is 0 Å². The number of benzene rings is 2. The molecule has 0 spiro atoms. The molecule has 0 aromatic heterocycles. The zero-order valence-corrected chi connectivity index (χ0v) is 16.1. The minimum atomic E-state index is -2.05. The van der Waals surface area contributed by atoms with Gasteiger partial charge in [-0.3, -0.25) is 4.79 Å². The van der Waals surface area contributed by atoms with Crippen molar-refractivity contribution >= 4 is 17.9 Å². The van der Waals surface area contributed by atoms with Crippen molar-refractivity contribution in [1.82, 2.24) is 0 Å². The number of hydrogen-bond acceptors (Lipinski definition) is 7. The molecule has 7 nitrogen and oxygen atoms in total. The van der Waals surface area contributed by atoms with Gasteiger partial charge in [0, 0.05) is 5.56 Å². The summed E-state index contributed by atoms with van der Waals surface area (Å²) < 4.78 is 28.3. The lowest BCUT2D eigenvalue weighted by Crippen LogP contribution is -2.44. The van der Waals surface area contributed by atoms with Crippen LogP contribution in [0.4, 0.5) is 4.39 Å². The Labute approximate surface area is 167 Å². The molecule has 0 aliphatic carbocycles. The molecule has 8 heteroatoms. The summed E-state index contributed by atoms with van der Waals surface area (Å²) >= 11 is 0. The number of carbonyl (C=O) groups is 3. The van der Waals surface area contributed by atoms with E-state index in [2.05, 4.69) is 9.47 Å². The van der Waals surface area contributed by atoms with E-state index in [0.717, 1.165) is 14.2 Å². The SMILES string of the molecule is COC(=O)[C@@H](O)[C@H](OC(=O)[C@@H](C)c1ccc(-c2ccccc2)c(F)c1)C(=O)OC. The van der Waals surface area contributed by atoms with Crippen LogP contribution >= 0.6 is 0 Å². The molecule has 0 radical (unpaired) electrons. The first-order chi connectivity index (χ1) is 13.8. The molecular formula is C21H21FO7. The summed E-state index contributed by atoms with van der Waals surface area (Å²) in [5, 5.41) is 9.87. The maximum absolute atomic E-state index is 14.6. The van der Waals surface area contributed by atoms with Gasteiger partial charge >= 0.3 is 17.9 Å². The van der Waals surface area contributed by atoms with Crippen molar-refractivity contribution in [3.05, 3.63) is 59.9 Å². The van der Waals surface area contributed by atoms with Crippen molar-refractivity contribution in [2.75, 3.05) is 14.2 Å². The smallest absolute Gasteiger partial charge is 0.350 e. The summed E-state index contributed by atoms with van der Waals surface area (Å²) in [6.07, 6.45) is -3.96. The minimum absolute atomic E-state index is 0.295. The molecule has 0 aliphatic heterocycles. The van der Waals surface area contributed by atoms with Crippen LogP contribution in [0.2, 0.25) is 0 Å². The van der Waals surface area contributed by atoms with Crippen LogP contribution in [0.5, 0.6) is 0 Å². The first-order valence-corrected chi connectivity index (χ1v) is 8.69. The highest BCUT2D eigenvalue weighted by atomic mass is 19.1. The van der Waals surface area contributed by atoms with Gasteiger partial charge in [-0.25, -0.2) is 14.0 Å². The Hall–Kier alpha value is -3.26. The summed E-state index contributed by atoms with van der Waals surface area (Å²) in [6, 6.07) is 13.2. The molecule has 0 unspecified atom stereocenters. The van der Waals surface area contributed by atoms with Gasteiger partial charge in [0.2, 0.25) is 6.10 Å². The average Bonchev–Trinajstić information content (AvgIpc) is 2.75. The van der Waals surface area contributed by atoms with Crippen LogP contribution in [0.15, 0.2) is 48.5 Å². The summed E-state index contributed by atoms with van der Waals surface area (Å²) in [4.78, 5) is 35.7. The fourth-order valence-electron chi connectivity index (χ4n) is 2.62. The summed E-state index contributed by atoms with van der Waals surface area (Å²) in [6.45, 7) is 1.44. The van der Waals surface area contributed by atoms with Crippen LogP contribution in [0.25, 0.3) is 11.1 Å². The molecule has 2 aromatic carbocycles. The van der Waals surface area contributed by atoms with Crippen LogP contribution < -0.4 is 0 Å². The quantitative estimate of drug-likeness (QED) is 0.558. The summed E-state index contributed by atoms with van der Waals surface area (Å²) in [5.41, 5.74) is 1.34. The molecule has 0 saturated carbocycles. The Balaban J connectivity index is 2.21. The highest BCUT2D eigenvalue weighted by molar-refractivity contribution is 5.88. The number of ether oxygens (including phenoxy) is 3. The number of aliphatic hydroxyl groups excluding tert-OH is 1. The van der Waals surface area contributed by atoms with Crippen molar-refractivity contribution in [1.29, 1.82) is 0 Å². The van der Waals surface area contributed by atoms with Crippen molar-refractivity contribution in [3.8, 4) is 11.1 Å². The zero-order chi connectivity index (χ0) is 21.6. The van der Waals surface area contributed by atoms with E-state index in [4.69, 9.17) is 4.74 Å². The van der Waals surface area contributed by atoms with Gasteiger partial charge in [0.25, 0.3) is 0 Å². The number of halogens is 1. The molecule has 2 aromatic rings. The van der Waals surface area contributed by atoms with E-state index in [0.29, 0.717) is 16.7 Å². The second-order valence-electron chi connectivity index (χ2n) is 6.18. The van der Waals surface area contributed by atoms with Crippen LogP contribution in [0.1, 0.15) is 18.4 Å². The lowest BCUT2D eigenvalue weighted by atomic mass is 9.97. The van der Waals surface area contributed by atoms with Gasteiger partial charge < -0.3 is 19.3 Å². The average molecular weight is 404 g/mol. The van der Waals surface area contributed by atoms with Crippen molar-refractivity contribution < 1.29 is 38.1 Å². The lowest BCUT2D eigenvalue weighted by Gasteiger charge is -2.21. The molecule has 3 atom stereocenters. The Kier molecular flexibility index (Phi) is 7.44. The van der Waals surface area contributed by atoms with Gasteiger partial charge in [0.05, 0.1) is 20.1 Å². The Morgan fingerprint density at radius 2 is 1.55 bits per heavy atom. The molecule has 0 saturated heterocycles. The van der Waals surface area contributed by atoms with Crippen LogP contribution in [0, 0.1) is 5.82 Å². The number of aliphatic hydroxyl groups is 1. The predicted octanol–water partition coefficient (Wildman–Crippen LogP) is 2.21. The highest BCUT2D eigenvalue weighted by Crippen LogP contribution is 2.27. The lowest BCUT2D eigenvalue weighted by molar-refractivity contribution is -0.181. The number of esters is 3.